The maximum absolute atomic E-state index is 13.1. The second kappa shape index (κ2) is 5.25. The SMILES string of the molecule is CN(C)C(C)(CN)Cc1ccc(F)c(Br)c1. The number of benzene rings is 1. The van der Waals surface area contributed by atoms with Crippen LogP contribution in [-0.4, -0.2) is 31.1 Å². The maximum atomic E-state index is 13.1. The summed E-state index contributed by atoms with van der Waals surface area (Å²) in [7, 11) is 4.01. The topological polar surface area (TPSA) is 29.3 Å². The summed E-state index contributed by atoms with van der Waals surface area (Å²) in [5.41, 5.74) is 6.77. The fourth-order valence-corrected chi connectivity index (χ4v) is 1.93. The predicted octanol–water partition coefficient (Wildman–Crippen LogP) is 2.41. The third-order valence-corrected chi connectivity index (χ3v) is 3.70. The van der Waals surface area contributed by atoms with Gasteiger partial charge in [0.1, 0.15) is 5.82 Å². The summed E-state index contributed by atoms with van der Waals surface area (Å²) in [5, 5.41) is 0. The van der Waals surface area contributed by atoms with Crippen molar-refractivity contribution < 1.29 is 4.39 Å². The van der Waals surface area contributed by atoms with Gasteiger partial charge in [-0.25, -0.2) is 4.39 Å². The van der Waals surface area contributed by atoms with Gasteiger partial charge in [-0.2, -0.15) is 0 Å². The van der Waals surface area contributed by atoms with E-state index in [1.165, 1.54) is 6.07 Å². The van der Waals surface area contributed by atoms with Crippen LogP contribution in [-0.2, 0) is 6.42 Å². The quantitative estimate of drug-likeness (QED) is 0.922. The lowest BCUT2D eigenvalue weighted by atomic mass is 9.92. The average molecular weight is 289 g/mol. The lowest BCUT2D eigenvalue weighted by Gasteiger charge is -2.35. The Bertz CT molecular complexity index is 368. The van der Waals surface area contributed by atoms with Gasteiger partial charge in [0.25, 0.3) is 0 Å². The van der Waals surface area contributed by atoms with Crippen molar-refractivity contribution in [2.24, 2.45) is 5.73 Å². The van der Waals surface area contributed by atoms with Crippen LogP contribution >= 0.6 is 15.9 Å². The Balaban J connectivity index is 2.90. The first-order valence-corrected chi connectivity index (χ1v) is 6.00. The van der Waals surface area contributed by atoms with Crippen molar-refractivity contribution in [3.05, 3.63) is 34.1 Å². The molecule has 0 fully saturated rings. The highest BCUT2D eigenvalue weighted by molar-refractivity contribution is 9.10. The summed E-state index contributed by atoms with van der Waals surface area (Å²) in [5.74, 6) is -0.233. The largest absolute Gasteiger partial charge is 0.329 e. The molecule has 0 aromatic heterocycles. The normalized spacial score (nSPS) is 15.2. The van der Waals surface area contributed by atoms with Gasteiger partial charge in [0.2, 0.25) is 0 Å². The molecule has 2 nitrogen and oxygen atoms in total. The van der Waals surface area contributed by atoms with Crippen LogP contribution in [0.2, 0.25) is 0 Å². The molecule has 1 aromatic rings. The smallest absolute Gasteiger partial charge is 0.137 e. The van der Waals surface area contributed by atoms with Gasteiger partial charge in [-0.1, -0.05) is 6.07 Å². The van der Waals surface area contributed by atoms with Crippen molar-refractivity contribution in [2.75, 3.05) is 20.6 Å². The molecule has 0 saturated carbocycles. The molecule has 0 spiro atoms. The molecule has 16 heavy (non-hydrogen) atoms. The Kier molecular flexibility index (Phi) is 4.47. The maximum Gasteiger partial charge on any atom is 0.137 e. The molecular formula is C12H18BrFN2. The van der Waals surface area contributed by atoms with Gasteiger partial charge < -0.3 is 10.6 Å². The molecule has 0 aliphatic carbocycles. The van der Waals surface area contributed by atoms with Crippen molar-refractivity contribution in [3.63, 3.8) is 0 Å². The van der Waals surface area contributed by atoms with E-state index in [9.17, 15) is 4.39 Å². The molecule has 90 valence electrons. The minimum Gasteiger partial charge on any atom is -0.329 e. The van der Waals surface area contributed by atoms with Gasteiger partial charge >= 0.3 is 0 Å². The highest BCUT2D eigenvalue weighted by Gasteiger charge is 2.25. The Morgan fingerprint density at radius 1 is 1.44 bits per heavy atom. The lowest BCUT2D eigenvalue weighted by molar-refractivity contribution is 0.181. The summed E-state index contributed by atoms with van der Waals surface area (Å²) in [6.45, 7) is 2.67. The van der Waals surface area contributed by atoms with Gasteiger partial charge in [0, 0.05) is 12.1 Å². The van der Waals surface area contributed by atoms with Crippen LogP contribution in [0, 0.1) is 5.82 Å². The van der Waals surface area contributed by atoms with Crippen LogP contribution in [0.1, 0.15) is 12.5 Å². The van der Waals surface area contributed by atoms with Gasteiger partial charge in [-0.15, -0.1) is 0 Å². The standard InChI is InChI=1S/C12H18BrFN2/c1-12(8-15,16(2)3)7-9-4-5-11(14)10(13)6-9/h4-6H,7-8,15H2,1-3H3. The van der Waals surface area contributed by atoms with E-state index < -0.39 is 0 Å². The predicted molar refractivity (Wildman–Crippen MR) is 69.0 cm³/mol. The van der Waals surface area contributed by atoms with Gasteiger partial charge in [0.05, 0.1) is 4.47 Å². The van der Waals surface area contributed by atoms with E-state index in [-0.39, 0.29) is 11.4 Å². The van der Waals surface area contributed by atoms with E-state index in [4.69, 9.17) is 5.73 Å². The number of hydrogen-bond donors (Lipinski definition) is 1. The average Bonchev–Trinajstić information content (AvgIpc) is 2.23. The zero-order chi connectivity index (χ0) is 12.3. The molecule has 0 aliphatic rings. The third-order valence-electron chi connectivity index (χ3n) is 3.09. The number of hydrogen-bond acceptors (Lipinski definition) is 2. The van der Waals surface area contributed by atoms with Crippen molar-refractivity contribution in [1.29, 1.82) is 0 Å². The Labute approximate surface area is 105 Å². The highest BCUT2D eigenvalue weighted by Crippen LogP contribution is 2.22. The fraction of sp³-hybridized carbons (Fsp3) is 0.500. The van der Waals surface area contributed by atoms with Crippen molar-refractivity contribution in [2.45, 2.75) is 18.9 Å². The molecule has 0 radical (unpaired) electrons. The van der Waals surface area contributed by atoms with Crippen LogP contribution in [0.5, 0.6) is 0 Å². The van der Waals surface area contributed by atoms with E-state index in [2.05, 4.69) is 27.8 Å². The monoisotopic (exact) mass is 288 g/mol. The third kappa shape index (κ3) is 3.03. The molecular weight excluding hydrogens is 271 g/mol. The Morgan fingerprint density at radius 2 is 2.06 bits per heavy atom. The van der Waals surface area contributed by atoms with Crippen LogP contribution in [0.15, 0.2) is 22.7 Å². The molecule has 0 amide bonds. The molecule has 1 aromatic carbocycles. The van der Waals surface area contributed by atoms with Crippen molar-refractivity contribution in [3.8, 4) is 0 Å². The molecule has 1 unspecified atom stereocenters. The first-order valence-electron chi connectivity index (χ1n) is 5.20. The molecule has 0 heterocycles. The molecule has 1 rings (SSSR count). The highest BCUT2D eigenvalue weighted by atomic mass is 79.9. The molecule has 4 heteroatoms. The van der Waals surface area contributed by atoms with Gasteiger partial charge in [0.15, 0.2) is 0 Å². The number of nitrogens with two attached hydrogens (primary N) is 1. The first-order chi connectivity index (χ1) is 7.39. The molecule has 0 aliphatic heterocycles. The summed E-state index contributed by atoms with van der Waals surface area (Å²) >= 11 is 3.19. The number of halogens is 2. The van der Waals surface area contributed by atoms with E-state index in [0.29, 0.717) is 11.0 Å². The van der Waals surface area contributed by atoms with E-state index in [1.807, 2.05) is 20.2 Å². The molecule has 2 N–H and O–H groups in total. The summed E-state index contributed by atoms with van der Waals surface area (Å²) in [6, 6.07) is 5.09. The minimum absolute atomic E-state index is 0.0999. The molecule has 0 bridgehead atoms. The molecule has 1 atom stereocenters. The van der Waals surface area contributed by atoms with Gasteiger partial charge in [-0.3, -0.25) is 0 Å². The molecule has 0 saturated heterocycles. The van der Waals surface area contributed by atoms with Crippen LogP contribution in [0.25, 0.3) is 0 Å². The van der Waals surface area contributed by atoms with E-state index in [0.717, 1.165) is 12.0 Å². The van der Waals surface area contributed by atoms with E-state index >= 15 is 0 Å². The van der Waals surface area contributed by atoms with Crippen LogP contribution in [0.4, 0.5) is 4.39 Å². The number of nitrogens with zero attached hydrogens (tertiary/aromatic N) is 1. The summed E-state index contributed by atoms with van der Waals surface area (Å²) in [4.78, 5) is 2.10. The second-order valence-corrected chi connectivity index (χ2v) is 5.38. The zero-order valence-electron chi connectivity index (χ0n) is 9.93. The van der Waals surface area contributed by atoms with Crippen molar-refractivity contribution >= 4 is 15.9 Å². The fourth-order valence-electron chi connectivity index (χ4n) is 1.50. The first kappa shape index (κ1) is 13.6. The minimum atomic E-state index is -0.233. The van der Waals surface area contributed by atoms with Crippen molar-refractivity contribution in [1.82, 2.24) is 4.90 Å². The van der Waals surface area contributed by atoms with Gasteiger partial charge in [-0.05, 0) is 61.1 Å². The number of likely N-dealkylation sites (N-methyl/N-ethyl adjacent to an activating group) is 1. The van der Waals surface area contributed by atoms with Crippen LogP contribution in [0.3, 0.4) is 0 Å². The summed E-state index contributed by atoms with van der Waals surface area (Å²) < 4.78 is 13.6. The lowest BCUT2D eigenvalue weighted by Crippen LogP contribution is -2.49. The second-order valence-electron chi connectivity index (χ2n) is 4.52. The summed E-state index contributed by atoms with van der Waals surface area (Å²) in [6.07, 6.45) is 0.801. The number of rotatable bonds is 4. The zero-order valence-corrected chi connectivity index (χ0v) is 11.5. The Hall–Kier alpha value is -0.450. The van der Waals surface area contributed by atoms with Crippen LogP contribution < -0.4 is 5.73 Å². The van der Waals surface area contributed by atoms with E-state index in [1.54, 1.807) is 6.07 Å². The Morgan fingerprint density at radius 3 is 2.50 bits per heavy atom.